The maximum Gasteiger partial charge on any atom is 0.122 e. The Hall–Kier alpha value is -1.40. The zero-order valence-corrected chi connectivity index (χ0v) is 15.5. The molecule has 0 aliphatic heterocycles. The van der Waals surface area contributed by atoms with E-state index in [-0.39, 0.29) is 6.61 Å². The third kappa shape index (κ3) is 6.24. The normalized spacial score (nSPS) is 12.5. The molecule has 1 aromatic heterocycles. The number of thiophene rings is 1. The number of aliphatic hydroxyl groups excluding tert-OH is 1. The molecule has 0 bridgehead atoms. The van der Waals surface area contributed by atoms with Gasteiger partial charge in [0.2, 0.25) is 0 Å². The molecular weight excluding hydrogens is 322 g/mol. The third-order valence-electron chi connectivity index (χ3n) is 3.78. The first-order valence-electron chi connectivity index (χ1n) is 8.21. The summed E-state index contributed by atoms with van der Waals surface area (Å²) < 4.78 is 10.9. The van der Waals surface area contributed by atoms with Gasteiger partial charge >= 0.3 is 0 Å². The molecule has 24 heavy (non-hydrogen) atoms. The molecule has 0 saturated heterocycles. The van der Waals surface area contributed by atoms with Crippen molar-refractivity contribution in [3.8, 4) is 5.75 Å². The Bertz CT molecular complexity index is 614. The summed E-state index contributed by atoms with van der Waals surface area (Å²) in [5.74, 6) is 0.828. The van der Waals surface area contributed by atoms with Crippen molar-refractivity contribution in [3.63, 3.8) is 0 Å². The average molecular weight is 349 g/mol. The maximum atomic E-state index is 10.4. The van der Waals surface area contributed by atoms with E-state index in [1.54, 1.807) is 18.4 Å². The first-order chi connectivity index (χ1) is 11.6. The second-order valence-corrected chi connectivity index (χ2v) is 7.34. The van der Waals surface area contributed by atoms with Crippen molar-refractivity contribution in [2.45, 2.75) is 26.5 Å². The molecule has 5 heteroatoms. The van der Waals surface area contributed by atoms with Crippen LogP contribution >= 0.6 is 11.3 Å². The number of para-hydroxylation sites is 1. The second-order valence-electron chi connectivity index (χ2n) is 5.97. The Kier molecular flexibility index (Phi) is 7.72. The lowest BCUT2D eigenvalue weighted by Crippen LogP contribution is -2.37. The van der Waals surface area contributed by atoms with Gasteiger partial charge in [-0.3, -0.25) is 4.90 Å². The van der Waals surface area contributed by atoms with Gasteiger partial charge in [0.05, 0.1) is 6.61 Å². The minimum absolute atomic E-state index is 0.289. The van der Waals surface area contributed by atoms with E-state index < -0.39 is 6.10 Å². The van der Waals surface area contributed by atoms with Gasteiger partial charge < -0.3 is 14.6 Å². The molecule has 2 aromatic rings. The van der Waals surface area contributed by atoms with Gasteiger partial charge in [0, 0.05) is 36.5 Å². The third-order valence-corrected chi connectivity index (χ3v) is 4.77. The van der Waals surface area contributed by atoms with Crippen molar-refractivity contribution in [1.29, 1.82) is 0 Å². The van der Waals surface area contributed by atoms with Gasteiger partial charge in [-0.15, -0.1) is 11.3 Å². The van der Waals surface area contributed by atoms with Crippen molar-refractivity contribution in [2.75, 3.05) is 33.4 Å². The Labute approximate surface area is 148 Å². The number of aliphatic hydroxyl groups is 1. The summed E-state index contributed by atoms with van der Waals surface area (Å²) in [6, 6.07) is 12.1. The van der Waals surface area contributed by atoms with E-state index in [0.29, 0.717) is 13.2 Å². The highest BCUT2D eigenvalue weighted by Gasteiger charge is 2.14. The van der Waals surface area contributed by atoms with Gasteiger partial charge in [-0.25, -0.2) is 0 Å². The highest BCUT2D eigenvalue weighted by molar-refractivity contribution is 7.11. The molecule has 1 N–H and O–H groups in total. The number of rotatable bonds is 10. The molecule has 4 nitrogen and oxygen atoms in total. The van der Waals surface area contributed by atoms with E-state index in [1.807, 2.05) is 31.2 Å². The molecular formula is C19H27NO3S. The smallest absolute Gasteiger partial charge is 0.122 e. The van der Waals surface area contributed by atoms with Crippen LogP contribution in [-0.2, 0) is 11.3 Å². The minimum Gasteiger partial charge on any atom is -0.491 e. The number of hydrogen-bond acceptors (Lipinski definition) is 5. The van der Waals surface area contributed by atoms with Crippen molar-refractivity contribution in [1.82, 2.24) is 4.90 Å². The minimum atomic E-state index is -0.539. The van der Waals surface area contributed by atoms with Crippen LogP contribution in [0.5, 0.6) is 5.75 Å². The van der Waals surface area contributed by atoms with Crippen LogP contribution in [0.3, 0.4) is 0 Å². The van der Waals surface area contributed by atoms with Crippen molar-refractivity contribution in [2.24, 2.45) is 0 Å². The standard InChI is InChI=1S/C19H27NO3S/c1-15-6-4-5-7-19(15)23-14-17(21)12-20(10-11-22-3)13-18-9-8-16(2)24-18/h4-9,17,21H,10-14H2,1-3H3/t17-/m1/s1. The monoisotopic (exact) mass is 349 g/mol. The number of hydrogen-bond donors (Lipinski definition) is 1. The van der Waals surface area contributed by atoms with Crippen LogP contribution in [-0.4, -0.2) is 49.5 Å². The highest BCUT2D eigenvalue weighted by atomic mass is 32.1. The quantitative estimate of drug-likeness (QED) is 0.715. The molecule has 1 aromatic carbocycles. The number of benzene rings is 1. The fourth-order valence-corrected chi connectivity index (χ4v) is 3.43. The molecule has 132 valence electrons. The zero-order chi connectivity index (χ0) is 17.4. The van der Waals surface area contributed by atoms with Crippen LogP contribution in [0.4, 0.5) is 0 Å². The lowest BCUT2D eigenvalue weighted by Gasteiger charge is -2.24. The molecule has 0 saturated carbocycles. The fourth-order valence-electron chi connectivity index (χ4n) is 2.50. The summed E-state index contributed by atoms with van der Waals surface area (Å²) >= 11 is 1.79. The van der Waals surface area contributed by atoms with Crippen LogP contribution < -0.4 is 4.74 Å². The molecule has 0 spiro atoms. The highest BCUT2D eigenvalue weighted by Crippen LogP contribution is 2.18. The summed E-state index contributed by atoms with van der Waals surface area (Å²) in [6.07, 6.45) is -0.539. The van der Waals surface area contributed by atoms with Gasteiger partial charge in [-0.1, -0.05) is 18.2 Å². The summed E-state index contributed by atoms with van der Waals surface area (Å²) in [5.41, 5.74) is 1.08. The zero-order valence-electron chi connectivity index (χ0n) is 14.7. The lowest BCUT2D eigenvalue weighted by atomic mass is 10.2. The summed E-state index contributed by atoms with van der Waals surface area (Å²) in [7, 11) is 1.70. The van der Waals surface area contributed by atoms with E-state index in [0.717, 1.165) is 24.4 Å². The lowest BCUT2D eigenvalue weighted by molar-refractivity contribution is 0.0544. The van der Waals surface area contributed by atoms with E-state index in [2.05, 4.69) is 24.0 Å². The van der Waals surface area contributed by atoms with Gasteiger partial charge in [0.15, 0.2) is 0 Å². The summed E-state index contributed by atoms with van der Waals surface area (Å²) in [4.78, 5) is 4.82. The molecule has 2 rings (SSSR count). The molecule has 0 fully saturated rings. The Morgan fingerprint density at radius 2 is 1.96 bits per heavy atom. The topological polar surface area (TPSA) is 41.9 Å². The number of methoxy groups -OCH3 is 1. The summed E-state index contributed by atoms with van der Waals surface area (Å²) in [6.45, 7) is 7.22. The van der Waals surface area contributed by atoms with Crippen LogP contribution in [0.25, 0.3) is 0 Å². The summed E-state index contributed by atoms with van der Waals surface area (Å²) in [5, 5.41) is 10.4. The van der Waals surface area contributed by atoms with E-state index in [4.69, 9.17) is 9.47 Å². The van der Waals surface area contributed by atoms with Crippen molar-refractivity contribution in [3.05, 3.63) is 51.7 Å². The van der Waals surface area contributed by atoms with Crippen LogP contribution in [0.1, 0.15) is 15.3 Å². The largest absolute Gasteiger partial charge is 0.491 e. The number of ether oxygens (including phenoxy) is 2. The van der Waals surface area contributed by atoms with Crippen molar-refractivity contribution >= 4 is 11.3 Å². The van der Waals surface area contributed by atoms with Gasteiger partial charge in [-0.05, 0) is 37.6 Å². The molecule has 0 amide bonds. The average Bonchev–Trinajstić information content (AvgIpc) is 2.97. The van der Waals surface area contributed by atoms with Crippen LogP contribution in [0.2, 0.25) is 0 Å². The van der Waals surface area contributed by atoms with E-state index >= 15 is 0 Å². The van der Waals surface area contributed by atoms with Crippen LogP contribution in [0.15, 0.2) is 36.4 Å². The van der Waals surface area contributed by atoms with Gasteiger partial charge in [0.25, 0.3) is 0 Å². The molecule has 0 aliphatic carbocycles. The molecule has 0 aliphatic rings. The molecule has 0 radical (unpaired) electrons. The molecule has 1 atom stereocenters. The van der Waals surface area contributed by atoms with Gasteiger partial charge in [-0.2, -0.15) is 0 Å². The Morgan fingerprint density at radius 1 is 1.17 bits per heavy atom. The second kappa shape index (κ2) is 9.79. The Balaban J connectivity index is 1.86. The van der Waals surface area contributed by atoms with E-state index in [9.17, 15) is 5.11 Å². The first-order valence-corrected chi connectivity index (χ1v) is 9.03. The first kappa shape index (κ1) is 18.9. The number of nitrogens with zero attached hydrogens (tertiary/aromatic N) is 1. The number of aryl methyl sites for hydroxylation is 2. The van der Waals surface area contributed by atoms with Crippen molar-refractivity contribution < 1.29 is 14.6 Å². The van der Waals surface area contributed by atoms with E-state index in [1.165, 1.54) is 9.75 Å². The predicted molar refractivity (Wildman–Crippen MR) is 98.9 cm³/mol. The predicted octanol–water partition coefficient (Wildman–Crippen LogP) is 3.25. The fraction of sp³-hybridized carbons (Fsp3) is 0.474. The Morgan fingerprint density at radius 3 is 2.62 bits per heavy atom. The molecule has 1 heterocycles. The maximum absolute atomic E-state index is 10.4. The van der Waals surface area contributed by atoms with Crippen LogP contribution in [0, 0.1) is 13.8 Å². The van der Waals surface area contributed by atoms with Gasteiger partial charge in [0.1, 0.15) is 18.5 Å². The molecule has 0 unspecified atom stereocenters. The SMILES string of the molecule is COCCN(Cc1ccc(C)s1)C[C@@H](O)COc1ccccc1C.